The van der Waals surface area contributed by atoms with Gasteiger partial charge in [0.05, 0.1) is 0 Å². The van der Waals surface area contributed by atoms with Gasteiger partial charge in [0.15, 0.2) is 17.5 Å². The summed E-state index contributed by atoms with van der Waals surface area (Å²) in [4.78, 5) is 0. The summed E-state index contributed by atoms with van der Waals surface area (Å²) in [6, 6.07) is 1.36. The fourth-order valence-electron chi connectivity index (χ4n) is 1.67. The summed E-state index contributed by atoms with van der Waals surface area (Å²) < 4.78 is 76.0. The van der Waals surface area contributed by atoms with Crippen LogP contribution in [0.3, 0.4) is 0 Å². The Balaban J connectivity index is 2.08. The van der Waals surface area contributed by atoms with Crippen molar-refractivity contribution in [1.29, 1.82) is 0 Å². The molecule has 0 aliphatic heterocycles. The van der Waals surface area contributed by atoms with Gasteiger partial charge in [-0.15, -0.1) is 0 Å². The van der Waals surface area contributed by atoms with Crippen LogP contribution >= 0.6 is 0 Å². The van der Waals surface area contributed by atoms with Crippen LogP contribution in [0.5, 0.6) is 0 Å². The van der Waals surface area contributed by atoms with Crippen LogP contribution in [0.25, 0.3) is 0 Å². The molecule has 1 nitrogen and oxygen atoms in total. The van der Waals surface area contributed by atoms with E-state index in [9.17, 15) is 26.3 Å². The van der Waals surface area contributed by atoms with E-state index in [1.54, 1.807) is 0 Å². The number of benzene rings is 1. The lowest BCUT2D eigenvalue weighted by atomic mass is 10.1. The van der Waals surface area contributed by atoms with Gasteiger partial charge in [-0.25, -0.2) is 13.2 Å². The zero-order valence-electron chi connectivity index (χ0n) is 9.04. The molecule has 0 atom stereocenters. The molecule has 0 amide bonds. The minimum atomic E-state index is -4.40. The zero-order chi connectivity index (χ0) is 13.6. The van der Waals surface area contributed by atoms with Crippen LogP contribution in [-0.4, -0.2) is 11.7 Å². The van der Waals surface area contributed by atoms with Gasteiger partial charge in [-0.3, -0.25) is 5.32 Å². The SMILES string of the molecule is Fc1cc(CNC2(C(F)(F)F)CC2)cc(F)c1F. The van der Waals surface area contributed by atoms with Gasteiger partial charge in [0.1, 0.15) is 5.54 Å². The third-order valence-electron chi connectivity index (χ3n) is 2.97. The molecule has 0 heterocycles. The Morgan fingerprint density at radius 1 is 1.06 bits per heavy atom. The lowest BCUT2D eigenvalue weighted by Gasteiger charge is -2.20. The second kappa shape index (κ2) is 4.15. The van der Waals surface area contributed by atoms with E-state index in [0.29, 0.717) is 12.1 Å². The summed E-state index contributed by atoms with van der Waals surface area (Å²) in [5.74, 6) is -4.46. The first-order valence-electron chi connectivity index (χ1n) is 5.20. The van der Waals surface area contributed by atoms with Gasteiger partial charge in [0.25, 0.3) is 0 Å². The summed E-state index contributed by atoms with van der Waals surface area (Å²) in [6.07, 6.45) is -4.53. The third-order valence-corrected chi connectivity index (χ3v) is 2.97. The highest BCUT2D eigenvalue weighted by Crippen LogP contribution is 2.49. The van der Waals surface area contributed by atoms with Gasteiger partial charge in [-0.1, -0.05) is 0 Å². The first-order chi connectivity index (χ1) is 8.25. The van der Waals surface area contributed by atoms with Crippen molar-refractivity contribution >= 4 is 0 Å². The molecule has 1 fully saturated rings. The van der Waals surface area contributed by atoms with Gasteiger partial charge < -0.3 is 0 Å². The minimum absolute atomic E-state index is 0.0668. The van der Waals surface area contributed by atoms with E-state index in [-0.39, 0.29) is 24.9 Å². The standard InChI is InChI=1S/C11H9F6N/c12-7-3-6(4-8(13)9(7)14)5-18-10(1-2-10)11(15,16)17/h3-4,18H,1-2,5H2. The van der Waals surface area contributed by atoms with Crippen LogP contribution in [0.2, 0.25) is 0 Å². The van der Waals surface area contributed by atoms with Gasteiger partial charge in [-0.2, -0.15) is 13.2 Å². The lowest BCUT2D eigenvalue weighted by Crippen LogP contribution is -2.44. The van der Waals surface area contributed by atoms with E-state index in [1.807, 2.05) is 0 Å². The van der Waals surface area contributed by atoms with Crippen molar-refractivity contribution in [3.05, 3.63) is 35.1 Å². The molecule has 0 bridgehead atoms. The highest BCUT2D eigenvalue weighted by Gasteiger charge is 2.62. The molecule has 100 valence electrons. The lowest BCUT2D eigenvalue weighted by molar-refractivity contribution is -0.166. The Labute approximate surface area is 98.8 Å². The van der Waals surface area contributed by atoms with Crippen molar-refractivity contribution in [2.24, 2.45) is 0 Å². The molecular formula is C11H9F6N. The van der Waals surface area contributed by atoms with Crippen LogP contribution in [0, 0.1) is 17.5 Å². The van der Waals surface area contributed by atoms with E-state index in [0.717, 1.165) is 0 Å². The molecule has 0 radical (unpaired) electrons. The fourth-order valence-corrected chi connectivity index (χ4v) is 1.67. The maximum Gasteiger partial charge on any atom is 0.406 e. The zero-order valence-corrected chi connectivity index (χ0v) is 9.04. The monoisotopic (exact) mass is 269 g/mol. The number of hydrogen-bond donors (Lipinski definition) is 1. The molecule has 0 unspecified atom stereocenters. The predicted octanol–water partition coefficient (Wildman–Crippen LogP) is 3.29. The molecule has 0 aromatic heterocycles. The summed E-state index contributed by atoms with van der Waals surface area (Å²) in [5, 5.41) is 2.22. The van der Waals surface area contributed by atoms with Gasteiger partial charge in [-0.05, 0) is 30.5 Å². The molecule has 1 aliphatic carbocycles. The van der Waals surface area contributed by atoms with Crippen molar-refractivity contribution in [3.8, 4) is 0 Å². The van der Waals surface area contributed by atoms with E-state index in [1.165, 1.54) is 0 Å². The Hall–Kier alpha value is -1.24. The van der Waals surface area contributed by atoms with Gasteiger partial charge in [0, 0.05) is 6.54 Å². The predicted molar refractivity (Wildman–Crippen MR) is 51.2 cm³/mol. The van der Waals surface area contributed by atoms with E-state index in [4.69, 9.17) is 0 Å². The average Bonchev–Trinajstić information content (AvgIpc) is 3.03. The molecule has 1 saturated carbocycles. The van der Waals surface area contributed by atoms with Crippen molar-refractivity contribution in [2.45, 2.75) is 31.1 Å². The normalized spacial score (nSPS) is 17.9. The highest BCUT2D eigenvalue weighted by atomic mass is 19.4. The molecule has 1 aromatic carbocycles. The maximum atomic E-state index is 12.8. The van der Waals surface area contributed by atoms with Crippen molar-refractivity contribution < 1.29 is 26.3 Å². The van der Waals surface area contributed by atoms with Crippen LogP contribution in [0.15, 0.2) is 12.1 Å². The largest absolute Gasteiger partial charge is 0.406 e. The molecule has 2 rings (SSSR count). The Morgan fingerprint density at radius 3 is 1.94 bits per heavy atom. The van der Waals surface area contributed by atoms with Crippen LogP contribution in [0.4, 0.5) is 26.3 Å². The fraction of sp³-hybridized carbons (Fsp3) is 0.455. The van der Waals surface area contributed by atoms with E-state index in [2.05, 4.69) is 5.32 Å². The van der Waals surface area contributed by atoms with Gasteiger partial charge >= 0.3 is 6.18 Å². The molecular weight excluding hydrogens is 260 g/mol. The molecule has 1 aliphatic rings. The number of nitrogens with one attached hydrogen (secondary N) is 1. The van der Waals surface area contributed by atoms with Crippen LogP contribution < -0.4 is 5.32 Å². The third kappa shape index (κ3) is 2.31. The summed E-state index contributed by atoms with van der Waals surface area (Å²) in [5.41, 5.74) is -2.03. The second-order valence-corrected chi connectivity index (χ2v) is 4.31. The second-order valence-electron chi connectivity index (χ2n) is 4.31. The van der Waals surface area contributed by atoms with E-state index >= 15 is 0 Å². The van der Waals surface area contributed by atoms with Crippen LogP contribution in [0.1, 0.15) is 18.4 Å². The topological polar surface area (TPSA) is 12.0 Å². The van der Waals surface area contributed by atoms with Crippen molar-refractivity contribution in [3.63, 3.8) is 0 Å². The molecule has 0 saturated heterocycles. The van der Waals surface area contributed by atoms with Crippen LogP contribution in [-0.2, 0) is 6.54 Å². The Morgan fingerprint density at radius 2 is 1.56 bits per heavy atom. The number of alkyl halides is 3. The summed E-state index contributed by atoms with van der Waals surface area (Å²) in [7, 11) is 0. The average molecular weight is 269 g/mol. The minimum Gasteiger partial charge on any atom is -0.299 e. The first kappa shape index (κ1) is 13.2. The molecule has 7 heteroatoms. The number of hydrogen-bond acceptors (Lipinski definition) is 1. The van der Waals surface area contributed by atoms with E-state index < -0.39 is 29.2 Å². The maximum absolute atomic E-state index is 12.8. The summed E-state index contributed by atoms with van der Waals surface area (Å²) >= 11 is 0. The smallest absolute Gasteiger partial charge is 0.299 e. The Bertz CT molecular complexity index is 440. The molecule has 18 heavy (non-hydrogen) atoms. The summed E-state index contributed by atoms with van der Waals surface area (Å²) in [6.45, 7) is -0.367. The first-order valence-corrected chi connectivity index (χ1v) is 5.20. The molecule has 0 spiro atoms. The van der Waals surface area contributed by atoms with Crippen molar-refractivity contribution in [2.75, 3.05) is 0 Å². The molecule has 1 aromatic rings. The Kier molecular flexibility index (Phi) is 3.04. The highest BCUT2D eigenvalue weighted by molar-refractivity contribution is 5.20. The number of rotatable bonds is 3. The molecule has 1 N–H and O–H groups in total. The van der Waals surface area contributed by atoms with Crippen molar-refractivity contribution in [1.82, 2.24) is 5.32 Å². The quantitative estimate of drug-likeness (QED) is 0.656. The van der Waals surface area contributed by atoms with Gasteiger partial charge in [0.2, 0.25) is 0 Å². The number of halogens is 6.